The van der Waals surface area contributed by atoms with Crippen molar-refractivity contribution in [2.75, 3.05) is 0 Å². The van der Waals surface area contributed by atoms with Crippen molar-refractivity contribution in [1.82, 2.24) is 4.57 Å². The SMILES string of the molecule is CCCCCCn1c(O)c(N=NC(=O)Cc2ccccc2)c2ccccc21. The molecule has 0 saturated heterocycles. The van der Waals surface area contributed by atoms with Gasteiger partial charge in [0.05, 0.1) is 11.9 Å². The monoisotopic (exact) mass is 363 g/mol. The van der Waals surface area contributed by atoms with Crippen LogP contribution in [0, 0.1) is 0 Å². The lowest BCUT2D eigenvalue weighted by atomic mass is 10.1. The van der Waals surface area contributed by atoms with Gasteiger partial charge in [-0.3, -0.25) is 4.79 Å². The Morgan fingerprint density at radius 3 is 2.52 bits per heavy atom. The van der Waals surface area contributed by atoms with Crippen molar-refractivity contribution in [3.05, 3.63) is 60.2 Å². The fourth-order valence-electron chi connectivity index (χ4n) is 3.20. The maximum Gasteiger partial charge on any atom is 0.269 e. The van der Waals surface area contributed by atoms with E-state index in [1.807, 2.05) is 59.2 Å². The molecule has 1 amide bonds. The molecule has 1 heterocycles. The van der Waals surface area contributed by atoms with Gasteiger partial charge < -0.3 is 9.67 Å². The molecule has 1 N–H and O–H groups in total. The first kappa shape index (κ1) is 18.8. The van der Waals surface area contributed by atoms with Crippen LogP contribution in [0.25, 0.3) is 10.9 Å². The molecule has 27 heavy (non-hydrogen) atoms. The molecule has 1 aromatic heterocycles. The molecular formula is C22H25N3O2. The van der Waals surface area contributed by atoms with E-state index >= 15 is 0 Å². The topological polar surface area (TPSA) is 66.9 Å². The van der Waals surface area contributed by atoms with Crippen LogP contribution in [0.4, 0.5) is 5.69 Å². The Labute approximate surface area is 159 Å². The second-order valence-electron chi connectivity index (χ2n) is 6.66. The molecule has 3 rings (SSSR count). The Morgan fingerprint density at radius 2 is 1.74 bits per heavy atom. The van der Waals surface area contributed by atoms with Gasteiger partial charge in [-0.25, -0.2) is 0 Å². The maximum absolute atomic E-state index is 12.1. The van der Waals surface area contributed by atoms with Gasteiger partial charge in [0, 0.05) is 11.9 Å². The number of nitrogens with zero attached hydrogens (tertiary/aromatic N) is 3. The number of aromatic nitrogens is 1. The van der Waals surface area contributed by atoms with Crippen molar-refractivity contribution in [3.8, 4) is 5.88 Å². The van der Waals surface area contributed by atoms with Crippen LogP contribution in [0.1, 0.15) is 38.2 Å². The van der Waals surface area contributed by atoms with Gasteiger partial charge >= 0.3 is 0 Å². The van der Waals surface area contributed by atoms with Gasteiger partial charge in [-0.15, -0.1) is 10.2 Å². The molecule has 0 aliphatic carbocycles. The first-order valence-electron chi connectivity index (χ1n) is 9.49. The number of hydrogen-bond donors (Lipinski definition) is 1. The van der Waals surface area contributed by atoms with E-state index in [2.05, 4.69) is 17.2 Å². The molecule has 0 fully saturated rings. The molecule has 0 unspecified atom stereocenters. The molecule has 0 aliphatic rings. The Balaban J connectivity index is 1.81. The van der Waals surface area contributed by atoms with E-state index in [9.17, 15) is 9.90 Å². The van der Waals surface area contributed by atoms with Crippen molar-refractivity contribution < 1.29 is 9.90 Å². The van der Waals surface area contributed by atoms with Gasteiger partial charge in [-0.1, -0.05) is 74.7 Å². The number of fused-ring (bicyclic) bond motifs is 1. The average molecular weight is 363 g/mol. The van der Waals surface area contributed by atoms with E-state index in [0.717, 1.165) is 35.9 Å². The summed E-state index contributed by atoms with van der Waals surface area (Å²) in [5, 5.41) is 19.4. The van der Waals surface area contributed by atoms with Gasteiger partial charge in [0.25, 0.3) is 5.91 Å². The molecule has 0 bridgehead atoms. The number of azo groups is 1. The number of aromatic hydroxyl groups is 1. The van der Waals surface area contributed by atoms with Crippen molar-refractivity contribution in [2.45, 2.75) is 45.6 Å². The number of unbranched alkanes of at least 4 members (excludes halogenated alkanes) is 3. The van der Waals surface area contributed by atoms with E-state index in [1.165, 1.54) is 12.8 Å². The minimum Gasteiger partial charge on any atom is -0.493 e. The molecule has 0 aliphatic heterocycles. The lowest BCUT2D eigenvalue weighted by molar-refractivity contribution is -0.117. The van der Waals surface area contributed by atoms with Gasteiger partial charge in [-0.2, -0.15) is 0 Å². The molecule has 0 atom stereocenters. The molecule has 0 spiro atoms. The van der Waals surface area contributed by atoms with Crippen molar-refractivity contribution in [2.24, 2.45) is 10.2 Å². The number of rotatable bonds is 8. The van der Waals surface area contributed by atoms with Crippen LogP contribution in [0.5, 0.6) is 5.88 Å². The van der Waals surface area contributed by atoms with E-state index in [1.54, 1.807) is 0 Å². The van der Waals surface area contributed by atoms with Gasteiger partial charge in [0.1, 0.15) is 0 Å². The number of hydrogen-bond acceptors (Lipinski definition) is 3. The van der Waals surface area contributed by atoms with Crippen molar-refractivity contribution in [1.29, 1.82) is 0 Å². The van der Waals surface area contributed by atoms with E-state index in [0.29, 0.717) is 5.69 Å². The number of benzene rings is 2. The van der Waals surface area contributed by atoms with Crippen LogP contribution in [-0.4, -0.2) is 15.6 Å². The number of amides is 1. The lowest BCUT2D eigenvalue weighted by Gasteiger charge is -2.06. The summed E-state index contributed by atoms with van der Waals surface area (Å²) in [6.07, 6.45) is 4.65. The van der Waals surface area contributed by atoms with Crippen LogP contribution in [0.2, 0.25) is 0 Å². The highest BCUT2D eigenvalue weighted by Crippen LogP contribution is 2.39. The van der Waals surface area contributed by atoms with Gasteiger partial charge in [0.2, 0.25) is 5.88 Å². The van der Waals surface area contributed by atoms with Crippen molar-refractivity contribution in [3.63, 3.8) is 0 Å². The predicted molar refractivity (Wildman–Crippen MR) is 107 cm³/mol. The summed E-state index contributed by atoms with van der Waals surface area (Å²) in [6, 6.07) is 17.1. The average Bonchev–Trinajstić information content (AvgIpc) is 2.95. The molecule has 2 aromatic carbocycles. The number of aryl methyl sites for hydroxylation is 1. The minimum absolute atomic E-state index is 0.0731. The van der Waals surface area contributed by atoms with Crippen LogP contribution >= 0.6 is 0 Å². The number of para-hydroxylation sites is 1. The molecule has 0 saturated carbocycles. The summed E-state index contributed by atoms with van der Waals surface area (Å²) in [5.41, 5.74) is 2.17. The van der Waals surface area contributed by atoms with Crippen LogP contribution in [-0.2, 0) is 17.8 Å². The Bertz CT molecular complexity index is 929. The highest BCUT2D eigenvalue weighted by atomic mass is 16.3. The first-order valence-corrected chi connectivity index (χ1v) is 9.49. The summed E-state index contributed by atoms with van der Waals surface area (Å²) in [4.78, 5) is 12.1. The third-order valence-electron chi connectivity index (χ3n) is 4.61. The Kier molecular flexibility index (Phi) is 6.36. The predicted octanol–water partition coefficient (Wildman–Crippen LogP) is 5.78. The fraction of sp³-hybridized carbons (Fsp3) is 0.318. The fourth-order valence-corrected chi connectivity index (χ4v) is 3.20. The Morgan fingerprint density at radius 1 is 1.00 bits per heavy atom. The normalized spacial score (nSPS) is 11.4. The lowest BCUT2D eigenvalue weighted by Crippen LogP contribution is -1.97. The number of carbonyl (C=O) groups excluding carboxylic acids is 1. The molecule has 5 nitrogen and oxygen atoms in total. The zero-order chi connectivity index (χ0) is 19.1. The Hall–Kier alpha value is -2.95. The zero-order valence-corrected chi connectivity index (χ0v) is 15.6. The van der Waals surface area contributed by atoms with Crippen LogP contribution < -0.4 is 0 Å². The highest BCUT2D eigenvalue weighted by Gasteiger charge is 2.16. The third kappa shape index (κ3) is 4.61. The zero-order valence-electron chi connectivity index (χ0n) is 15.6. The molecular weight excluding hydrogens is 338 g/mol. The third-order valence-corrected chi connectivity index (χ3v) is 4.61. The summed E-state index contributed by atoms with van der Waals surface area (Å²) < 4.78 is 1.86. The molecule has 3 aromatic rings. The van der Waals surface area contributed by atoms with Gasteiger partial charge in [0.15, 0.2) is 5.69 Å². The highest BCUT2D eigenvalue weighted by molar-refractivity contribution is 5.95. The standard InChI is InChI=1S/C22H25N3O2/c1-2-3-4-10-15-25-19-14-9-8-13-18(19)21(22(25)27)24-23-20(26)16-17-11-6-5-7-12-17/h5-9,11-14,27H,2-4,10,15-16H2,1H3. The molecule has 140 valence electrons. The first-order chi connectivity index (χ1) is 13.2. The second kappa shape index (κ2) is 9.12. The van der Waals surface area contributed by atoms with E-state index < -0.39 is 0 Å². The molecule has 0 radical (unpaired) electrons. The van der Waals surface area contributed by atoms with E-state index in [-0.39, 0.29) is 18.2 Å². The van der Waals surface area contributed by atoms with Crippen LogP contribution in [0.3, 0.4) is 0 Å². The van der Waals surface area contributed by atoms with Crippen LogP contribution in [0.15, 0.2) is 64.8 Å². The second-order valence-corrected chi connectivity index (χ2v) is 6.66. The smallest absolute Gasteiger partial charge is 0.269 e. The van der Waals surface area contributed by atoms with Gasteiger partial charge in [-0.05, 0) is 18.1 Å². The summed E-state index contributed by atoms with van der Waals surface area (Å²) in [7, 11) is 0. The molecule has 5 heteroatoms. The summed E-state index contributed by atoms with van der Waals surface area (Å²) in [5.74, 6) is -0.260. The van der Waals surface area contributed by atoms with E-state index in [4.69, 9.17) is 0 Å². The van der Waals surface area contributed by atoms with Crippen molar-refractivity contribution >= 4 is 22.5 Å². The summed E-state index contributed by atoms with van der Waals surface area (Å²) >= 11 is 0. The summed E-state index contributed by atoms with van der Waals surface area (Å²) in [6.45, 7) is 2.90. The number of carbonyl (C=O) groups is 1. The quantitative estimate of drug-likeness (QED) is 0.407. The largest absolute Gasteiger partial charge is 0.493 e. The minimum atomic E-state index is -0.333. The maximum atomic E-state index is 12.1.